The normalized spacial score (nSPS) is 20.7. The average molecular weight is 389 g/mol. The first-order valence-corrected chi connectivity index (χ1v) is 10.5. The van der Waals surface area contributed by atoms with Gasteiger partial charge in [0.05, 0.1) is 5.60 Å². The molecule has 5 nitrogen and oxygen atoms in total. The second-order valence-corrected chi connectivity index (χ2v) is 9.16. The Labute approximate surface area is 169 Å². The summed E-state index contributed by atoms with van der Waals surface area (Å²) < 4.78 is 0. The number of aryl methyl sites for hydroxylation is 1. The molecule has 156 valence electrons. The van der Waals surface area contributed by atoms with Gasteiger partial charge in [0, 0.05) is 24.4 Å². The molecule has 2 atom stereocenters. The SMILES string of the molecule is Cc1ccc(C[C@]2(CCC(=O)N[C@H](C)CCCC(C)(C)O)CCC(=O)N2)cc1. The van der Waals surface area contributed by atoms with Crippen molar-refractivity contribution in [2.45, 2.75) is 96.2 Å². The van der Waals surface area contributed by atoms with E-state index in [4.69, 9.17) is 0 Å². The monoisotopic (exact) mass is 388 g/mol. The van der Waals surface area contributed by atoms with Crippen LogP contribution < -0.4 is 10.6 Å². The third kappa shape index (κ3) is 7.63. The molecule has 2 rings (SSSR count). The van der Waals surface area contributed by atoms with Gasteiger partial charge in [-0.25, -0.2) is 0 Å². The van der Waals surface area contributed by atoms with Crippen LogP contribution in [0.1, 0.15) is 76.8 Å². The van der Waals surface area contributed by atoms with Crippen LogP contribution in [-0.4, -0.2) is 34.1 Å². The van der Waals surface area contributed by atoms with Crippen LogP contribution in [0.4, 0.5) is 0 Å². The smallest absolute Gasteiger partial charge is 0.220 e. The molecule has 1 aliphatic rings. The van der Waals surface area contributed by atoms with E-state index in [-0.39, 0.29) is 23.4 Å². The van der Waals surface area contributed by atoms with Crippen molar-refractivity contribution in [3.8, 4) is 0 Å². The molecule has 3 N–H and O–H groups in total. The van der Waals surface area contributed by atoms with Crippen LogP contribution in [0.3, 0.4) is 0 Å². The van der Waals surface area contributed by atoms with Crippen LogP contribution in [0, 0.1) is 6.92 Å². The molecule has 0 saturated carbocycles. The number of amides is 2. The van der Waals surface area contributed by atoms with E-state index in [2.05, 4.69) is 41.8 Å². The van der Waals surface area contributed by atoms with E-state index < -0.39 is 5.60 Å². The Balaban J connectivity index is 1.85. The topological polar surface area (TPSA) is 78.4 Å². The number of carbonyl (C=O) groups is 2. The van der Waals surface area contributed by atoms with E-state index >= 15 is 0 Å². The lowest BCUT2D eigenvalue weighted by Crippen LogP contribution is -2.45. The van der Waals surface area contributed by atoms with Gasteiger partial charge in [0.15, 0.2) is 0 Å². The fourth-order valence-electron chi connectivity index (χ4n) is 3.89. The number of aliphatic hydroxyl groups is 1. The third-order valence-corrected chi connectivity index (χ3v) is 5.56. The fourth-order valence-corrected chi connectivity index (χ4v) is 3.89. The van der Waals surface area contributed by atoms with Gasteiger partial charge >= 0.3 is 0 Å². The lowest BCUT2D eigenvalue weighted by molar-refractivity contribution is -0.123. The Morgan fingerprint density at radius 3 is 2.57 bits per heavy atom. The standard InChI is InChI=1S/C23H36N2O3/c1-17-7-9-19(10-8-17)16-23(15-12-21(27)25-23)14-11-20(26)24-18(2)6-5-13-22(3,4)28/h7-10,18,28H,5-6,11-16H2,1-4H3,(H,24,26)(H,25,27)/t18-,23+/m1/s1. The average Bonchev–Trinajstić information content (AvgIpc) is 2.95. The molecule has 1 aromatic carbocycles. The highest BCUT2D eigenvalue weighted by atomic mass is 16.3. The van der Waals surface area contributed by atoms with Crippen LogP contribution in [0.2, 0.25) is 0 Å². The maximum atomic E-state index is 12.4. The predicted molar refractivity (Wildman–Crippen MR) is 112 cm³/mol. The summed E-state index contributed by atoms with van der Waals surface area (Å²) in [5.41, 5.74) is 1.42. The van der Waals surface area contributed by atoms with Crippen molar-refractivity contribution in [1.82, 2.24) is 10.6 Å². The fraction of sp³-hybridized carbons (Fsp3) is 0.652. The summed E-state index contributed by atoms with van der Waals surface area (Å²) in [6.07, 6.45) is 5.55. The third-order valence-electron chi connectivity index (χ3n) is 5.56. The van der Waals surface area contributed by atoms with Crippen LogP contribution in [-0.2, 0) is 16.0 Å². The van der Waals surface area contributed by atoms with Gasteiger partial charge in [-0.15, -0.1) is 0 Å². The van der Waals surface area contributed by atoms with Crippen molar-refractivity contribution in [2.75, 3.05) is 0 Å². The quantitative estimate of drug-likeness (QED) is 0.575. The van der Waals surface area contributed by atoms with Crippen molar-refractivity contribution in [1.29, 1.82) is 0 Å². The second-order valence-electron chi connectivity index (χ2n) is 9.16. The van der Waals surface area contributed by atoms with Gasteiger partial charge in [0.1, 0.15) is 0 Å². The zero-order chi connectivity index (χ0) is 20.8. The number of hydrogen-bond donors (Lipinski definition) is 3. The molecule has 0 aromatic heterocycles. The lowest BCUT2D eigenvalue weighted by atomic mass is 9.84. The van der Waals surface area contributed by atoms with Crippen LogP contribution in [0.5, 0.6) is 0 Å². The minimum absolute atomic E-state index is 0.0280. The number of nitrogens with one attached hydrogen (secondary N) is 2. The molecule has 1 fully saturated rings. The zero-order valence-corrected chi connectivity index (χ0v) is 17.8. The van der Waals surface area contributed by atoms with Gasteiger partial charge in [-0.3, -0.25) is 9.59 Å². The molecule has 0 unspecified atom stereocenters. The molecule has 1 heterocycles. The number of benzene rings is 1. The Bertz CT molecular complexity index is 663. The molecule has 1 saturated heterocycles. The van der Waals surface area contributed by atoms with Crippen molar-refractivity contribution < 1.29 is 14.7 Å². The summed E-state index contributed by atoms with van der Waals surface area (Å²) in [4.78, 5) is 24.3. The largest absolute Gasteiger partial charge is 0.390 e. The van der Waals surface area contributed by atoms with Gasteiger partial charge in [0.25, 0.3) is 0 Å². The van der Waals surface area contributed by atoms with E-state index in [1.165, 1.54) is 11.1 Å². The maximum absolute atomic E-state index is 12.4. The molecule has 28 heavy (non-hydrogen) atoms. The van der Waals surface area contributed by atoms with Crippen LogP contribution >= 0.6 is 0 Å². The Morgan fingerprint density at radius 1 is 1.32 bits per heavy atom. The second kappa shape index (κ2) is 9.55. The summed E-state index contributed by atoms with van der Waals surface area (Å²) in [7, 11) is 0. The van der Waals surface area contributed by atoms with Crippen molar-refractivity contribution in [3.63, 3.8) is 0 Å². The molecule has 2 amide bonds. The van der Waals surface area contributed by atoms with Crippen molar-refractivity contribution in [3.05, 3.63) is 35.4 Å². The van der Waals surface area contributed by atoms with Gasteiger partial charge in [-0.05, 0) is 71.8 Å². The summed E-state index contributed by atoms with van der Waals surface area (Å²) in [6.45, 7) is 7.67. The Hall–Kier alpha value is -1.88. The first-order valence-electron chi connectivity index (χ1n) is 10.5. The molecule has 0 bridgehead atoms. The lowest BCUT2D eigenvalue weighted by Gasteiger charge is -2.29. The minimum Gasteiger partial charge on any atom is -0.390 e. The van der Waals surface area contributed by atoms with Crippen molar-refractivity contribution in [2.24, 2.45) is 0 Å². The summed E-state index contributed by atoms with van der Waals surface area (Å²) in [6, 6.07) is 8.46. The summed E-state index contributed by atoms with van der Waals surface area (Å²) in [5, 5.41) is 16.0. The molecule has 0 aliphatic carbocycles. The molecule has 1 aromatic rings. The van der Waals surface area contributed by atoms with Crippen LogP contribution in [0.15, 0.2) is 24.3 Å². The summed E-state index contributed by atoms with van der Waals surface area (Å²) in [5.74, 6) is 0.104. The molecule has 0 spiro atoms. The highest BCUT2D eigenvalue weighted by molar-refractivity contribution is 5.80. The van der Waals surface area contributed by atoms with E-state index in [1.54, 1.807) is 13.8 Å². The van der Waals surface area contributed by atoms with Gasteiger partial charge in [-0.2, -0.15) is 0 Å². The molecule has 5 heteroatoms. The van der Waals surface area contributed by atoms with Crippen LogP contribution in [0.25, 0.3) is 0 Å². The number of rotatable bonds is 10. The first-order chi connectivity index (χ1) is 13.1. The van der Waals surface area contributed by atoms with E-state index in [0.29, 0.717) is 19.3 Å². The van der Waals surface area contributed by atoms with Gasteiger partial charge < -0.3 is 15.7 Å². The number of hydrogen-bond acceptors (Lipinski definition) is 3. The Kier molecular flexibility index (Phi) is 7.64. The number of carbonyl (C=O) groups excluding carboxylic acids is 2. The highest BCUT2D eigenvalue weighted by Gasteiger charge is 2.37. The Morgan fingerprint density at radius 2 is 2.00 bits per heavy atom. The zero-order valence-electron chi connectivity index (χ0n) is 17.8. The molecular formula is C23H36N2O3. The summed E-state index contributed by atoms with van der Waals surface area (Å²) >= 11 is 0. The van der Waals surface area contributed by atoms with E-state index in [1.807, 2.05) is 6.92 Å². The highest BCUT2D eigenvalue weighted by Crippen LogP contribution is 2.29. The predicted octanol–water partition coefficient (Wildman–Crippen LogP) is 3.41. The van der Waals surface area contributed by atoms with Crippen molar-refractivity contribution >= 4 is 11.8 Å². The minimum atomic E-state index is -0.660. The molecule has 1 aliphatic heterocycles. The molecular weight excluding hydrogens is 352 g/mol. The maximum Gasteiger partial charge on any atom is 0.220 e. The van der Waals surface area contributed by atoms with E-state index in [0.717, 1.165) is 32.1 Å². The van der Waals surface area contributed by atoms with E-state index in [9.17, 15) is 14.7 Å². The molecule has 0 radical (unpaired) electrons. The van der Waals surface area contributed by atoms with Gasteiger partial charge in [-0.1, -0.05) is 29.8 Å². The first kappa shape index (κ1) is 22.4. The van der Waals surface area contributed by atoms with Gasteiger partial charge in [0.2, 0.25) is 11.8 Å².